The topological polar surface area (TPSA) is 69.0 Å². The molecule has 0 fully saturated rings. The number of carbonyl (C=O) groups excluding carboxylic acids is 1. The van der Waals surface area contributed by atoms with Crippen LogP contribution in [-0.4, -0.2) is 26.4 Å². The van der Waals surface area contributed by atoms with Crippen LogP contribution in [-0.2, 0) is 17.8 Å². The van der Waals surface area contributed by atoms with Crippen LogP contribution in [0.2, 0.25) is 10.0 Å². The zero-order valence-electron chi connectivity index (χ0n) is 17.6. The molecule has 3 rings (SSSR count). The van der Waals surface area contributed by atoms with Crippen LogP contribution in [0.15, 0.2) is 47.6 Å². The smallest absolute Gasteiger partial charge is 0.234 e. The summed E-state index contributed by atoms with van der Waals surface area (Å²) in [5, 5.41) is 12.9. The number of halogens is 2. The summed E-state index contributed by atoms with van der Waals surface area (Å²) in [5.74, 6) is 1.47. The minimum absolute atomic E-state index is 0.171. The molecule has 1 amide bonds. The van der Waals surface area contributed by atoms with Crippen molar-refractivity contribution in [3.63, 3.8) is 0 Å². The molecule has 1 aromatic heterocycles. The van der Waals surface area contributed by atoms with Crippen molar-refractivity contribution in [2.45, 2.75) is 45.0 Å². The van der Waals surface area contributed by atoms with Gasteiger partial charge in [-0.15, -0.1) is 10.2 Å². The van der Waals surface area contributed by atoms with Crippen molar-refractivity contribution in [1.82, 2.24) is 14.8 Å². The molecule has 0 saturated carbocycles. The third kappa shape index (κ3) is 6.15. The van der Waals surface area contributed by atoms with E-state index in [2.05, 4.69) is 34.6 Å². The number of ether oxygens (including phenoxy) is 1. The van der Waals surface area contributed by atoms with Crippen LogP contribution in [0.5, 0.6) is 5.75 Å². The van der Waals surface area contributed by atoms with Gasteiger partial charge >= 0.3 is 0 Å². The second-order valence-corrected chi connectivity index (χ2v) is 8.59. The van der Waals surface area contributed by atoms with E-state index in [0.29, 0.717) is 33.3 Å². The molecule has 9 heteroatoms. The summed E-state index contributed by atoms with van der Waals surface area (Å²) in [6.45, 7) is 6.73. The zero-order chi connectivity index (χ0) is 22.4. The van der Waals surface area contributed by atoms with Gasteiger partial charge in [-0.25, -0.2) is 0 Å². The molecule has 0 spiro atoms. The number of amides is 1. The number of aryl methyl sites for hydroxylation is 1. The average Bonchev–Trinajstić information content (AvgIpc) is 3.18. The molecule has 1 atom stereocenters. The summed E-state index contributed by atoms with van der Waals surface area (Å²) in [7, 11) is 0. The fraction of sp³-hybridized carbons (Fsp3) is 0.318. The van der Waals surface area contributed by atoms with E-state index < -0.39 is 0 Å². The molecule has 0 bridgehead atoms. The van der Waals surface area contributed by atoms with E-state index in [1.54, 1.807) is 18.2 Å². The van der Waals surface area contributed by atoms with Gasteiger partial charge in [-0.05, 0) is 56.2 Å². The highest BCUT2D eigenvalue weighted by Gasteiger charge is 2.19. The van der Waals surface area contributed by atoms with E-state index in [1.807, 2.05) is 30.5 Å². The summed E-state index contributed by atoms with van der Waals surface area (Å²) >= 11 is 13.3. The maximum absolute atomic E-state index is 12.4. The van der Waals surface area contributed by atoms with Gasteiger partial charge in [0.05, 0.1) is 16.5 Å². The van der Waals surface area contributed by atoms with Gasteiger partial charge in [0.25, 0.3) is 0 Å². The molecule has 6 nitrogen and oxygen atoms in total. The fourth-order valence-electron chi connectivity index (χ4n) is 2.97. The van der Waals surface area contributed by atoms with Crippen LogP contribution < -0.4 is 10.1 Å². The van der Waals surface area contributed by atoms with E-state index in [1.165, 1.54) is 17.3 Å². The monoisotopic (exact) mass is 478 g/mol. The van der Waals surface area contributed by atoms with Crippen molar-refractivity contribution in [1.29, 1.82) is 0 Å². The summed E-state index contributed by atoms with van der Waals surface area (Å²) in [4.78, 5) is 12.4. The minimum Gasteiger partial charge on any atom is -0.483 e. The van der Waals surface area contributed by atoms with Crippen molar-refractivity contribution < 1.29 is 9.53 Å². The van der Waals surface area contributed by atoms with E-state index in [0.717, 1.165) is 12.2 Å². The van der Waals surface area contributed by atoms with Crippen LogP contribution >= 0.6 is 35.0 Å². The first kappa shape index (κ1) is 23.4. The van der Waals surface area contributed by atoms with Crippen molar-refractivity contribution in [2.24, 2.45) is 0 Å². The molecule has 164 valence electrons. The SMILES string of the molecule is CCc1ccc(O[C@@H](C)c2nnc(SCC(=O)Nc3ccc(Cl)cc3Cl)n2CC)cc1. The number of aromatic nitrogens is 3. The predicted molar refractivity (Wildman–Crippen MR) is 126 cm³/mol. The van der Waals surface area contributed by atoms with Gasteiger partial charge < -0.3 is 14.6 Å². The lowest BCUT2D eigenvalue weighted by Gasteiger charge is -2.16. The molecular formula is C22H24Cl2N4O2S. The Bertz CT molecular complexity index is 1040. The summed E-state index contributed by atoms with van der Waals surface area (Å²) < 4.78 is 8.00. The van der Waals surface area contributed by atoms with E-state index in [-0.39, 0.29) is 17.8 Å². The molecular weight excluding hydrogens is 455 g/mol. The number of hydrogen-bond acceptors (Lipinski definition) is 5. The molecule has 2 aromatic carbocycles. The highest BCUT2D eigenvalue weighted by atomic mass is 35.5. The first-order chi connectivity index (χ1) is 14.9. The molecule has 3 aromatic rings. The molecule has 31 heavy (non-hydrogen) atoms. The number of hydrogen-bond donors (Lipinski definition) is 1. The van der Waals surface area contributed by atoms with E-state index in [4.69, 9.17) is 27.9 Å². The van der Waals surface area contributed by atoms with Gasteiger partial charge in [-0.2, -0.15) is 0 Å². The standard InChI is InChI=1S/C22H24Cl2N4O2S/c1-4-15-6-9-17(10-7-15)30-14(3)21-26-27-22(28(21)5-2)31-13-20(29)25-19-11-8-16(23)12-18(19)24/h6-12,14H,4-5,13H2,1-3H3,(H,25,29)/t14-/m0/s1. The Labute approximate surface area is 196 Å². The Morgan fingerprint density at radius 1 is 1.16 bits per heavy atom. The molecule has 0 saturated heterocycles. The Morgan fingerprint density at radius 3 is 2.55 bits per heavy atom. The summed E-state index contributed by atoms with van der Waals surface area (Å²) in [6.07, 6.45) is 0.703. The Morgan fingerprint density at radius 2 is 1.90 bits per heavy atom. The fourth-order valence-corrected chi connectivity index (χ4v) is 4.24. The zero-order valence-corrected chi connectivity index (χ0v) is 19.9. The van der Waals surface area contributed by atoms with Crippen molar-refractivity contribution in [3.8, 4) is 5.75 Å². The lowest BCUT2D eigenvalue weighted by molar-refractivity contribution is -0.113. The second-order valence-electron chi connectivity index (χ2n) is 6.80. The first-order valence-electron chi connectivity index (χ1n) is 9.97. The van der Waals surface area contributed by atoms with Crippen molar-refractivity contribution >= 4 is 46.6 Å². The van der Waals surface area contributed by atoms with Crippen LogP contribution in [0.25, 0.3) is 0 Å². The number of rotatable bonds is 9. The number of nitrogens with one attached hydrogen (secondary N) is 1. The van der Waals surface area contributed by atoms with Gasteiger partial charge in [0.1, 0.15) is 5.75 Å². The number of thioether (sulfide) groups is 1. The summed E-state index contributed by atoms with van der Waals surface area (Å²) in [5.41, 5.74) is 1.78. The number of benzene rings is 2. The molecule has 0 aliphatic carbocycles. The van der Waals surface area contributed by atoms with Gasteiger partial charge in [0.2, 0.25) is 5.91 Å². The van der Waals surface area contributed by atoms with Crippen LogP contribution in [0.4, 0.5) is 5.69 Å². The molecule has 1 N–H and O–H groups in total. The van der Waals surface area contributed by atoms with Crippen LogP contribution in [0.1, 0.15) is 38.3 Å². The largest absolute Gasteiger partial charge is 0.483 e. The third-order valence-electron chi connectivity index (χ3n) is 4.61. The Hall–Kier alpha value is -2.22. The summed E-state index contributed by atoms with van der Waals surface area (Å²) in [6, 6.07) is 13.0. The maximum Gasteiger partial charge on any atom is 0.234 e. The molecule has 1 heterocycles. The quantitative estimate of drug-likeness (QED) is 0.379. The van der Waals surface area contributed by atoms with Gasteiger partial charge in [0.15, 0.2) is 17.1 Å². The van der Waals surface area contributed by atoms with Gasteiger partial charge in [-0.3, -0.25) is 4.79 Å². The highest BCUT2D eigenvalue weighted by molar-refractivity contribution is 7.99. The van der Waals surface area contributed by atoms with Crippen LogP contribution in [0, 0.1) is 0 Å². The van der Waals surface area contributed by atoms with E-state index >= 15 is 0 Å². The average molecular weight is 479 g/mol. The molecule has 0 radical (unpaired) electrons. The van der Waals surface area contributed by atoms with Gasteiger partial charge in [0, 0.05) is 11.6 Å². The first-order valence-corrected chi connectivity index (χ1v) is 11.7. The van der Waals surface area contributed by atoms with Crippen LogP contribution in [0.3, 0.4) is 0 Å². The molecule has 0 aliphatic rings. The highest BCUT2D eigenvalue weighted by Crippen LogP contribution is 2.27. The normalized spacial score (nSPS) is 11.9. The lowest BCUT2D eigenvalue weighted by atomic mass is 10.2. The number of anilines is 1. The van der Waals surface area contributed by atoms with Crippen molar-refractivity contribution in [3.05, 3.63) is 63.9 Å². The number of nitrogens with zero attached hydrogens (tertiary/aromatic N) is 3. The predicted octanol–water partition coefficient (Wildman–Crippen LogP) is 6.04. The molecule has 0 unspecified atom stereocenters. The lowest BCUT2D eigenvalue weighted by Crippen LogP contribution is -2.15. The van der Waals surface area contributed by atoms with Crippen molar-refractivity contribution in [2.75, 3.05) is 11.1 Å². The molecule has 0 aliphatic heterocycles. The maximum atomic E-state index is 12.4. The minimum atomic E-state index is -0.282. The second kappa shape index (κ2) is 10.9. The van der Waals surface area contributed by atoms with E-state index in [9.17, 15) is 4.79 Å². The third-order valence-corrected chi connectivity index (χ3v) is 6.12. The Kier molecular flexibility index (Phi) is 8.23. The van der Waals surface area contributed by atoms with Gasteiger partial charge in [-0.1, -0.05) is 54.0 Å². The Balaban J connectivity index is 1.62. The number of carbonyl (C=O) groups is 1.